The van der Waals surface area contributed by atoms with Crippen molar-refractivity contribution in [1.29, 1.82) is 0 Å². The molecular formula is C24H30ClF5N4O4S. The molecule has 1 aliphatic carbocycles. The number of alkyl halides is 5. The zero-order valence-electron chi connectivity index (χ0n) is 21.6. The minimum atomic E-state index is -4.50. The summed E-state index contributed by atoms with van der Waals surface area (Å²) < 4.78 is 94.8. The SMILES string of the molecule is CCn1nc(C(=O)NCC2CCC(S(C)(=O)=O)CC2)c(Cl)c1-c1cnc(CC(C)C(F)(F)F)cc1OC(F)F. The van der Waals surface area contributed by atoms with Crippen LogP contribution < -0.4 is 10.1 Å². The minimum absolute atomic E-state index is 0.0524. The van der Waals surface area contributed by atoms with Crippen LogP contribution in [-0.4, -0.2) is 59.9 Å². The minimum Gasteiger partial charge on any atom is -0.434 e. The van der Waals surface area contributed by atoms with Crippen LogP contribution in [0.2, 0.25) is 5.02 Å². The molecule has 1 amide bonds. The fourth-order valence-corrected chi connectivity index (χ4v) is 6.00. The Balaban J connectivity index is 1.83. The summed E-state index contributed by atoms with van der Waals surface area (Å²) in [5, 5.41) is 6.41. The fraction of sp³-hybridized carbons (Fsp3) is 0.625. The number of amides is 1. The van der Waals surface area contributed by atoms with Gasteiger partial charge in [0.1, 0.15) is 15.6 Å². The fourth-order valence-electron chi connectivity index (χ4n) is 4.55. The highest BCUT2D eigenvalue weighted by molar-refractivity contribution is 7.91. The third-order valence-electron chi connectivity index (χ3n) is 6.83. The number of hydrogen-bond donors (Lipinski definition) is 1. The molecule has 1 atom stereocenters. The lowest BCUT2D eigenvalue weighted by molar-refractivity contribution is -0.169. The Morgan fingerprint density at radius 1 is 1.26 bits per heavy atom. The van der Waals surface area contributed by atoms with Crippen LogP contribution in [0.15, 0.2) is 12.3 Å². The van der Waals surface area contributed by atoms with E-state index >= 15 is 0 Å². The third kappa shape index (κ3) is 7.80. The second kappa shape index (κ2) is 12.4. The topological polar surface area (TPSA) is 103 Å². The van der Waals surface area contributed by atoms with E-state index in [1.165, 1.54) is 10.9 Å². The number of ether oxygens (including phenoxy) is 1. The Morgan fingerprint density at radius 2 is 1.90 bits per heavy atom. The van der Waals surface area contributed by atoms with Crippen molar-refractivity contribution in [3.63, 3.8) is 0 Å². The number of sulfone groups is 1. The van der Waals surface area contributed by atoms with Gasteiger partial charge in [0.2, 0.25) is 0 Å². The number of nitrogens with one attached hydrogen (secondary N) is 1. The number of nitrogens with zero attached hydrogens (tertiary/aromatic N) is 3. The van der Waals surface area contributed by atoms with Crippen molar-refractivity contribution in [2.24, 2.45) is 11.8 Å². The lowest BCUT2D eigenvalue weighted by Gasteiger charge is -2.27. The highest BCUT2D eigenvalue weighted by Crippen LogP contribution is 2.38. The molecule has 1 fully saturated rings. The number of hydrogen-bond acceptors (Lipinski definition) is 6. The molecule has 0 aromatic carbocycles. The highest BCUT2D eigenvalue weighted by Gasteiger charge is 2.36. The number of pyridine rings is 1. The van der Waals surface area contributed by atoms with E-state index in [0.29, 0.717) is 25.7 Å². The lowest BCUT2D eigenvalue weighted by Crippen LogP contribution is -2.34. The Labute approximate surface area is 228 Å². The number of aromatic nitrogens is 3. The molecule has 39 heavy (non-hydrogen) atoms. The summed E-state index contributed by atoms with van der Waals surface area (Å²) in [5.41, 5.74) is -0.287. The van der Waals surface area contributed by atoms with E-state index in [1.54, 1.807) is 6.92 Å². The quantitative estimate of drug-likeness (QED) is 0.372. The third-order valence-corrected chi connectivity index (χ3v) is 8.87. The monoisotopic (exact) mass is 600 g/mol. The first kappa shape index (κ1) is 31.1. The van der Waals surface area contributed by atoms with Gasteiger partial charge in [-0.1, -0.05) is 18.5 Å². The standard InChI is InChI=1S/C24H30ClF5N4O4S/c1-4-34-21(17-12-31-15(9-13(2)24(28,29)30)10-18(17)38-23(26)27)19(25)20(33-34)22(35)32-11-14-5-7-16(8-6-14)39(3,36)37/h10,12-14,16,23H,4-9,11H2,1-3H3,(H,32,35). The smallest absolute Gasteiger partial charge is 0.391 e. The molecule has 1 aliphatic rings. The summed E-state index contributed by atoms with van der Waals surface area (Å²) in [6.07, 6.45) is -0.494. The molecular weight excluding hydrogens is 571 g/mol. The van der Waals surface area contributed by atoms with Gasteiger partial charge in [0.15, 0.2) is 5.69 Å². The van der Waals surface area contributed by atoms with Crippen LogP contribution in [0.25, 0.3) is 11.3 Å². The van der Waals surface area contributed by atoms with Gasteiger partial charge >= 0.3 is 12.8 Å². The van der Waals surface area contributed by atoms with Gasteiger partial charge in [-0.2, -0.15) is 27.1 Å². The normalized spacial score (nSPS) is 19.2. The maximum absolute atomic E-state index is 13.2. The molecule has 2 heterocycles. The van der Waals surface area contributed by atoms with E-state index < -0.39 is 46.6 Å². The Hall–Kier alpha value is -2.48. The van der Waals surface area contributed by atoms with Crippen LogP contribution in [0.5, 0.6) is 5.75 Å². The Kier molecular flexibility index (Phi) is 9.84. The molecule has 1 saturated carbocycles. The van der Waals surface area contributed by atoms with E-state index in [1.807, 2.05) is 0 Å². The molecule has 1 N–H and O–H groups in total. The van der Waals surface area contributed by atoms with Crippen molar-refractivity contribution in [1.82, 2.24) is 20.1 Å². The number of carbonyl (C=O) groups excluding carboxylic acids is 1. The van der Waals surface area contributed by atoms with Crippen LogP contribution in [0.1, 0.15) is 55.7 Å². The first-order chi connectivity index (χ1) is 18.1. The van der Waals surface area contributed by atoms with Crippen molar-refractivity contribution in [3.8, 4) is 17.0 Å². The van der Waals surface area contributed by atoms with Gasteiger partial charge in [0.05, 0.1) is 27.4 Å². The van der Waals surface area contributed by atoms with Gasteiger partial charge in [-0.3, -0.25) is 14.5 Å². The van der Waals surface area contributed by atoms with Gasteiger partial charge in [-0.25, -0.2) is 8.42 Å². The van der Waals surface area contributed by atoms with Crippen LogP contribution >= 0.6 is 11.6 Å². The molecule has 0 bridgehead atoms. The number of halogens is 6. The van der Waals surface area contributed by atoms with E-state index in [2.05, 4.69) is 20.1 Å². The van der Waals surface area contributed by atoms with Gasteiger partial charge in [-0.15, -0.1) is 0 Å². The first-order valence-electron chi connectivity index (χ1n) is 12.4. The van der Waals surface area contributed by atoms with Crippen LogP contribution in [0, 0.1) is 11.8 Å². The van der Waals surface area contributed by atoms with Gasteiger partial charge in [0.25, 0.3) is 5.91 Å². The van der Waals surface area contributed by atoms with Gasteiger partial charge in [-0.05, 0) is 38.5 Å². The van der Waals surface area contributed by atoms with Crippen molar-refractivity contribution < 1.29 is 39.9 Å². The molecule has 8 nitrogen and oxygen atoms in total. The summed E-state index contributed by atoms with van der Waals surface area (Å²) >= 11 is 6.49. The van der Waals surface area contributed by atoms with Crippen molar-refractivity contribution in [2.75, 3.05) is 12.8 Å². The van der Waals surface area contributed by atoms with Crippen LogP contribution in [-0.2, 0) is 22.8 Å². The number of rotatable bonds is 10. The second-order valence-corrected chi connectivity index (χ2v) is 12.4. The Bertz CT molecular complexity index is 1280. The summed E-state index contributed by atoms with van der Waals surface area (Å²) in [7, 11) is -3.12. The van der Waals surface area contributed by atoms with Crippen LogP contribution in [0.3, 0.4) is 0 Å². The summed E-state index contributed by atoms with van der Waals surface area (Å²) in [4.78, 5) is 16.9. The summed E-state index contributed by atoms with van der Waals surface area (Å²) in [6.45, 7) is -0.202. The average molecular weight is 601 g/mol. The van der Waals surface area contributed by atoms with Crippen molar-refractivity contribution in [3.05, 3.63) is 28.7 Å². The van der Waals surface area contributed by atoms with Crippen molar-refractivity contribution in [2.45, 2.75) is 70.5 Å². The molecule has 0 radical (unpaired) electrons. The average Bonchev–Trinajstić information content (AvgIpc) is 3.17. The first-order valence-corrected chi connectivity index (χ1v) is 14.7. The van der Waals surface area contributed by atoms with E-state index in [4.69, 9.17) is 11.6 Å². The molecule has 15 heteroatoms. The number of carbonyl (C=O) groups is 1. The predicted molar refractivity (Wildman–Crippen MR) is 135 cm³/mol. The molecule has 0 spiro atoms. The zero-order valence-corrected chi connectivity index (χ0v) is 23.1. The molecule has 0 saturated heterocycles. The summed E-state index contributed by atoms with van der Waals surface area (Å²) in [6, 6.07) is 1.000. The Morgan fingerprint density at radius 3 is 2.44 bits per heavy atom. The van der Waals surface area contributed by atoms with E-state index in [9.17, 15) is 35.2 Å². The van der Waals surface area contributed by atoms with E-state index in [-0.39, 0.29) is 51.9 Å². The van der Waals surface area contributed by atoms with Crippen LogP contribution in [0.4, 0.5) is 22.0 Å². The number of aryl methyl sites for hydroxylation is 1. The van der Waals surface area contributed by atoms with Gasteiger partial charge < -0.3 is 10.1 Å². The molecule has 2 aromatic rings. The lowest BCUT2D eigenvalue weighted by atomic mass is 9.89. The molecule has 3 rings (SSSR count). The molecule has 218 valence electrons. The van der Waals surface area contributed by atoms with Crippen molar-refractivity contribution >= 4 is 27.3 Å². The van der Waals surface area contributed by atoms with Gasteiger partial charge in [0, 0.05) is 43.7 Å². The maximum atomic E-state index is 13.2. The molecule has 0 aliphatic heterocycles. The largest absolute Gasteiger partial charge is 0.434 e. The maximum Gasteiger partial charge on any atom is 0.391 e. The zero-order chi connectivity index (χ0) is 29.1. The summed E-state index contributed by atoms with van der Waals surface area (Å²) in [5.74, 6) is -2.76. The molecule has 1 unspecified atom stereocenters. The second-order valence-electron chi connectivity index (χ2n) is 9.71. The molecule has 2 aromatic heterocycles. The highest BCUT2D eigenvalue weighted by atomic mass is 35.5. The predicted octanol–water partition coefficient (Wildman–Crippen LogP) is 5.29. The van der Waals surface area contributed by atoms with E-state index in [0.717, 1.165) is 19.2 Å².